The van der Waals surface area contributed by atoms with Crippen LogP contribution in [0.2, 0.25) is 0 Å². The fourth-order valence-electron chi connectivity index (χ4n) is 4.15. The van der Waals surface area contributed by atoms with E-state index in [1.807, 2.05) is 6.92 Å². The van der Waals surface area contributed by atoms with Gasteiger partial charge in [0.2, 0.25) is 11.8 Å². The molecule has 6 atom stereocenters. The molecule has 2 fully saturated rings. The Bertz CT molecular complexity index is 878. The number of aliphatic hydroxyl groups excluding tert-OH is 1. The molecule has 4 N–H and O–H groups in total. The highest BCUT2D eigenvalue weighted by Gasteiger charge is 2.60. The predicted molar refractivity (Wildman–Crippen MR) is 114 cm³/mol. The van der Waals surface area contributed by atoms with E-state index in [2.05, 4.69) is 5.32 Å². The molecule has 0 radical (unpaired) electrons. The standard InChI is InChI=1S/C17H25N3O5S.CH4O3S/c1-7-12-11(8(2)21)16(23)20(12)13(17(24)25)14(7)26-9-5-10(18-6-9)15(22)19(3)4;1-5(2,3)4/h7-12,18,21H,5-6H2,1-4H3,(H,24,25);1H3,(H,2,3,4)/t7-,8?,9+,10+,11-,12-;/m1./s1. The number of nitrogens with zero attached hydrogens (tertiary/aromatic N) is 2. The number of aliphatic hydroxyl groups is 1. The fraction of sp³-hybridized carbons (Fsp3) is 0.722. The lowest BCUT2D eigenvalue weighted by Crippen LogP contribution is -2.63. The Morgan fingerprint density at radius 3 is 2.32 bits per heavy atom. The second-order valence-corrected chi connectivity index (χ2v) is 11.0. The van der Waals surface area contributed by atoms with Crippen molar-refractivity contribution in [3.05, 3.63) is 10.6 Å². The maximum absolute atomic E-state index is 12.3. The molecule has 0 saturated carbocycles. The Labute approximate surface area is 185 Å². The molecule has 2 amide bonds. The summed E-state index contributed by atoms with van der Waals surface area (Å²) in [5, 5.41) is 22.8. The molecular formula is C18H29N3O8S2. The van der Waals surface area contributed by atoms with Crippen LogP contribution in [0.5, 0.6) is 0 Å². The van der Waals surface area contributed by atoms with E-state index in [4.69, 9.17) is 4.55 Å². The first-order valence-electron chi connectivity index (χ1n) is 9.67. The van der Waals surface area contributed by atoms with Gasteiger partial charge in [0, 0.05) is 36.7 Å². The molecule has 0 aromatic heterocycles. The van der Waals surface area contributed by atoms with Gasteiger partial charge in [-0.25, -0.2) is 4.79 Å². The summed E-state index contributed by atoms with van der Waals surface area (Å²) in [4.78, 5) is 39.8. The molecule has 0 aromatic carbocycles. The first-order chi connectivity index (χ1) is 14.1. The zero-order valence-electron chi connectivity index (χ0n) is 18.0. The lowest BCUT2D eigenvalue weighted by molar-refractivity contribution is -0.163. The number of carboxylic acid groups (broad SMARTS) is 1. The van der Waals surface area contributed by atoms with Gasteiger partial charge in [0.1, 0.15) is 5.70 Å². The summed E-state index contributed by atoms with van der Waals surface area (Å²) in [5.41, 5.74) is 0.0387. The Balaban J connectivity index is 0.000000614. The van der Waals surface area contributed by atoms with Gasteiger partial charge in [-0.3, -0.25) is 14.1 Å². The van der Waals surface area contributed by atoms with Crippen LogP contribution in [0, 0.1) is 11.8 Å². The van der Waals surface area contributed by atoms with Crippen LogP contribution in [0.15, 0.2) is 10.6 Å². The minimum absolute atomic E-state index is 0.00757. The highest BCUT2D eigenvalue weighted by molar-refractivity contribution is 8.03. The number of carbonyl (C=O) groups excluding carboxylic acids is 2. The molecular weight excluding hydrogens is 450 g/mol. The van der Waals surface area contributed by atoms with E-state index in [1.165, 1.54) is 16.7 Å². The first-order valence-corrected chi connectivity index (χ1v) is 12.4. The summed E-state index contributed by atoms with van der Waals surface area (Å²) in [6, 6.07) is -0.568. The first kappa shape index (κ1) is 25.6. The topological polar surface area (TPSA) is 165 Å². The molecule has 1 unspecified atom stereocenters. The Hall–Kier alpha value is -1.67. The minimum Gasteiger partial charge on any atom is -0.477 e. The average Bonchev–Trinajstić information content (AvgIpc) is 3.15. The number of fused-ring (bicyclic) bond motifs is 1. The number of nitrogens with one attached hydrogen (secondary N) is 1. The number of β-lactam (4-membered cyclic amide) rings is 1. The van der Waals surface area contributed by atoms with Crippen LogP contribution in [0.25, 0.3) is 0 Å². The van der Waals surface area contributed by atoms with E-state index < -0.39 is 28.1 Å². The molecule has 3 aliphatic rings. The van der Waals surface area contributed by atoms with Crippen molar-refractivity contribution in [2.24, 2.45) is 11.8 Å². The smallest absolute Gasteiger partial charge is 0.353 e. The van der Waals surface area contributed by atoms with Crippen molar-refractivity contribution >= 4 is 39.7 Å². The molecule has 13 heteroatoms. The van der Waals surface area contributed by atoms with E-state index in [1.54, 1.807) is 25.9 Å². The quantitative estimate of drug-likeness (QED) is 0.290. The SMILES string of the molecule is CC(O)[C@H]1C(=O)N2C(C(=O)O)=C(S[C@@H]3CN[C@H](C(=O)N(C)C)C3)[C@H](C)[C@H]12.CS(=O)(=O)O. The number of rotatable bonds is 5. The molecule has 3 rings (SSSR count). The maximum atomic E-state index is 12.3. The van der Waals surface area contributed by atoms with Gasteiger partial charge < -0.3 is 25.3 Å². The van der Waals surface area contributed by atoms with E-state index in [0.29, 0.717) is 24.1 Å². The zero-order chi connectivity index (χ0) is 23.8. The molecule has 2 saturated heterocycles. The summed E-state index contributed by atoms with van der Waals surface area (Å²) >= 11 is 1.45. The van der Waals surface area contributed by atoms with Crippen LogP contribution in [-0.2, 0) is 24.5 Å². The van der Waals surface area contributed by atoms with Crippen molar-refractivity contribution in [1.82, 2.24) is 15.1 Å². The van der Waals surface area contributed by atoms with Gasteiger partial charge in [0.05, 0.1) is 30.4 Å². The van der Waals surface area contributed by atoms with E-state index in [-0.39, 0.29) is 40.8 Å². The van der Waals surface area contributed by atoms with Crippen molar-refractivity contribution in [3.8, 4) is 0 Å². The Morgan fingerprint density at radius 1 is 1.32 bits per heavy atom. The van der Waals surface area contributed by atoms with Crippen LogP contribution < -0.4 is 5.32 Å². The van der Waals surface area contributed by atoms with Crippen LogP contribution >= 0.6 is 11.8 Å². The number of carboxylic acids is 1. The van der Waals surface area contributed by atoms with Gasteiger partial charge in [0.15, 0.2) is 0 Å². The van der Waals surface area contributed by atoms with Crippen molar-refractivity contribution in [1.29, 1.82) is 0 Å². The number of thioether (sulfide) groups is 1. The summed E-state index contributed by atoms with van der Waals surface area (Å²) in [7, 11) is -0.247. The number of likely N-dealkylation sites (N-methyl/N-ethyl adjacent to an activating group) is 1. The monoisotopic (exact) mass is 479 g/mol. The van der Waals surface area contributed by atoms with Gasteiger partial charge in [-0.1, -0.05) is 6.92 Å². The van der Waals surface area contributed by atoms with E-state index >= 15 is 0 Å². The van der Waals surface area contributed by atoms with Crippen LogP contribution in [0.3, 0.4) is 0 Å². The molecule has 0 aliphatic carbocycles. The van der Waals surface area contributed by atoms with Crippen molar-refractivity contribution < 1.29 is 37.6 Å². The normalized spacial score (nSPS) is 30.9. The third-order valence-electron chi connectivity index (χ3n) is 5.43. The molecule has 11 nitrogen and oxygen atoms in total. The van der Waals surface area contributed by atoms with Gasteiger partial charge in [-0.15, -0.1) is 11.8 Å². The van der Waals surface area contributed by atoms with Gasteiger partial charge in [0.25, 0.3) is 10.1 Å². The summed E-state index contributed by atoms with van der Waals surface area (Å²) in [6.07, 6.45) is 0.525. The second-order valence-electron chi connectivity index (χ2n) is 8.17. The van der Waals surface area contributed by atoms with Crippen molar-refractivity contribution in [2.45, 2.75) is 43.7 Å². The van der Waals surface area contributed by atoms with E-state index in [0.717, 1.165) is 0 Å². The van der Waals surface area contributed by atoms with Crippen LogP contribution in [0.4, 0.5) is 0 Å². The highest BCUT2D eigenvalue weighted by atomic mass is 32.2. The molecule has 3 aliphatic heterocycles. The molecule has 0 aromatic rings. The molecule has 176 valence electrons. The van der Waals surface area contributed by atoms with Crippen LogP contribution in [-0.4, -0.2) is 101 Å². The third-order valence-corrected chi connectivity index (χ3v) is 6.95. The number of hydrogen-bond donors (Lipinski definition) is 4. The Morgan fingerprint density at radius 2 is 1.87 bits per heavy atom. The predicted octanol–water partition coefficient (Wildman–Crippen LogP) is -0.804. The van der Waals surface area contributed by atoms with Crippen molar-refractivity contribution in [2.75, 3.05) is 26.9 Å². The minimum atomic E-state index is -3.67. The maximum Gasteiger partial charge on any atom is 0.353 e. The summed E-state index contributed by atoms with van der Waals surface area (Å²) in [6.45, 7) is 4.08. The average molecular weight is 480 g/mol. The molecule has 31 heavy (non-hydrogen) atoms. The molecule has 3 heterocycles. The van der Waals surface area contributed by atoms with E-state index in [9.17, 15) is 33.0 Å². The van der Waals surface area contributed by atoms with Crippen molar-refractivity contribution in [3.63, 3.8) is 0 Å². The lowest BCUT2D eigenvalue weighted by Gasteiger charge is -2.46. The third kappa shape index (κ3) is 5.58. The number of hydrogen-bond acceptors (Lipinski definition) is 8. The molecule has 0 bridgehead atoms. The number of amides is 2. The molecule has 0 spiro atoms. The zero-order valence-corrected chi connectivity index (χ0v) is 19.6. The van der Waals surface area contributed by atoms with Gasteiger partial charge >= 0.3 is 5.97 Å². The van der Waals surface area contributed by atoms with Gasteiger partial charge in [-0.05, 0) is 13.3 Å². The fourth-order valence-corrected chi connectivity index (χ4v) is 5.63. The largest absolute Gasteiger partial charge is 0.477 e. The second kappa shape index (κ2) is 9.45. The lowest BCUT2D eigenvalue weighted by atomic mass is 9.79. The van der Waals surface area contributed by atoms with Crippen LogP contribution in [0.1, 0.15) is 20.3 Å². The summed E-state index contributed by atoms with van der Waals surface area (Å²) < 4.78 is 25.9. The number of aliphatic carboxylic acids is 1. The Kier molecular flexibility index (Phi) is 7.80. The number of carbonyl (C=O) groups is 3. The highest BCUT2D eigenvalue weighted by Crippen LogP contribution is 2.51. The van der Waals surface area contributed by atoms with Gasteiger partial charge in [-0.2, -0.15) is 8.42 Å². The summed E-state index contributed by atoms with van der Waals surface area (Å²) in [5.74, 6) is -2.14.